The smallest absolute Gasteiger partial charge is 0.317 e. The zero-order chi connectivity index (χ0) is 25.3. The number of nitrogens with zero attached hydrogens (tertiary/aromatic N) is 3. The van der Waals surface area contributed by atoms with Gasteiger partial charge in [-0.2, -0.15) is 5.10 Å². The van der Waals surface area contributed by atoms with E-state index in [0.29, 0.717) is 18.8 Å². The Labute approximate surface area is 204 Å². The molecule has 2 saturated heterocycles. The second-order valence-electron chi connectivity index (χ2n) is 9.29. The van der Waals surface area contributed by atoms with Crippen LogP contribution < -0.4 is 5.43 Å². The van der Waals surface area contributed by atoms with Gasteiger partial charge in [-0.3, -0.25) is 24.7 Å². The Kier molecular flexibility index (Phi) is 6.88. The Balaban J connectivity index is 1.51. The Morgan fingerprint density at radius 1 is 1.11 bits per heavy atom. The summed E-state index contributed by atoms with van der Waals surface area (Å²) >= 11 is 0. The highest BCUT2D eigenvalue weighted by atomic mass is 16.4. The first-order chi connectivity index (χ1) is 16.7. The lowest BCUT2D eigenvalue weighted by Gasteiger charge is -2.31. The molecule has 0 radical (unpaired) electrons. The average molecular weight is 479 g/mol. The number of hydrogen-bond donors (Lipinski definition) is 3. The Morgan fingerprint density at radius 2 is 1.83 bits per heavy atom. The van der Waals surface area contributed by atoms with Crippen LogP contribution in [-0.4, -0.2) is 70.1 Å². The minimum absolute atomic E-state index is 0.0114. The third kappa shape index (κ3) is 4.90. The fraction of sp³-hybridized carbons (Fsp3) is 0.385. The lowest BCUT2D eigenvalue weighted by Crippen LogP contribution is -2.36. The Bertz CT molecular complexity index is 1200. The lowest BCUT2D eigenvalue weighted by atomic mass is 9.88. The Morgan fingerprint density at radius 3 is 2.49 bits per heavy atom. The number of Topliss-reactive ketones (excluding diaryl/α,β-unsaturated/α-hetero) is 1. The minimum Gasteiger partial charge on any atom is -0.505 e. The normalized spacial score (nSPS) is 20.6. The van der Waals surface area contributed by atoms with Gasteiger partial charge < -0.3 is 15.1 Å². The second-order valence-corrected chi connectivity index (χ2v) is 9.29. The minimum atomic E-state index is -0.849. The molecule has 4 rings (SSSR count). The fourth-order valence-corrected chi connectivity index (χ4v) is 4.80. The van der Waals surface area contributed by atoms with Gasteiger partial charge in [-0.25, -0.2) is 0 Å². The maximum absolute atomic E-state index is 13.1. The van der Waals surface area contributed by atoms with E-state index in [0.717, 1.165) is 35.1 Å². The number of phenols is 1. The van der Waals surface area contributed by atoms with Crippen molar-refractivity contribution >= 4 is 29.1 Å². The number of piperidine rings is 1. The van der Waals surface area contributed by atoms with Crippen LogP contribution in [0.4, 0.5) is 5.69 Å². The maximum atomic E-state index is 13.1. The lowest BCUT2D eigenvalue weighted by molar-refractivity contribution is -0.138. The van der Waals surface area contributed by atoms with Crippen molar-refractivity contribution in [2.45, 2.75) is 38.6 Å². The molecule has 1 amide bonds. The van der Waals surface area contributed by atoms with Crippen molar-refractivity contribution in [2.75, 3.05) is 32.1 Å². The predicted molar refractivity (Wildman–Crippen MR) is 132 cm³/mol. The molecule has 35 heavy (non-hydrogen) atoms. The highest BCUT2D eigenvalue weighted by molar-refractivity contribution is 6.69. The second kappa shape index (κ2) is 9.87. The summed E-state index contributed by atoms with van der Waals surface area (Å²) in [6.45, 7) is 5.22. The number of hydrazone groups is 1. The number of aromatic hydroxyl groups is 1. The number of nitrogens with one attached hydrogen (secondary N) is 1. The number of aryl methyl sites for hydroxylation is 2. The van der Waals surface area contributed by atoms with Crippen molar-refractivity contribution in [2.24, 2.45) is 5.10 Å². The van der Waals surface area contributed by atoms with E-state index >= 15 is 0 Å². The van der Waals surface area contributed by atoms with Gasteiger partial charge in [0.25, 0.3) is 5.91 Å². The first-order valence-electron chi connectivity index (χ1n) is 11.7. The molecule has 2 aliphatic heterocycles. The number of rotatable bonds is 6. The SMILES string of the molecule is Cc1ccc(C2C(=O)/C(=N/Nc3cccc(C4CCN(CC(=O)O)CC4)c3O)C(=O)N2C)cc1C. The highest BCUT2D eigenvalue weighted by Gasteiger charge is 2.43. The number of benzene rings is 2. The first-order valence-corrected chi connectivity index (χ1v) is 11.7. The van der Waals surface area contributed by atoms with Gasteiger partial charge >= 0.3 is 5.97 Å². The zero-order valence-corrected chi connectivity index (χ0v) is 20.1. The summed E-state index contributed by atoms with van der Waals surface area (Å²) in [5.41, 5.74) is 6.44. The number of phenolic OH excluding ortho intramolecular Hbond substituents is 1. The molecule has 2 aromatic carbocycles. The summed E-state index contributed by atoms with van der Waals surface area (Å²) < 4.78 is 0. The van der Waals surface area contributed by atoms with Crippen molar-refractivity contribution in [1.29, 1.82) is 0 Å². The molecule has 2 heterocycles. The summed E-state index contributed by atoms with van der Waals surface area (Å²) in [6.07, 6.45) is 1.44. The topological polar surface area (TPSA) is 123 Å². The van der Waals surface area contributed by atoms with Crippen molar-refractivity contribution in [3.63, 3.8) is 0 Å². The standard InChI is InChI=1S/C26H30N4O5/c1-15-7-8-18(13-16(15)2)23-25(34)22(26(35)29(23)3)28-27-20-6-4-5-19(24(20)33)17-9-11-30(12-10-17)14-21(31)32/h4-8,13,17,23,27,33H,9-12,14H2,1-3H3,(H,31,32)/b28-22-. The largest absolute Gasteiger partial charge is 0.505 e. The number of carbonyl (C=O) groups excluding carboxylic acids is 2. The van der Waals surface area contributed by atoms with Gasteiger partial charge in [-0.15, -0.1) is 0 Å². The van der Waals surface area contributed by atoms with E-state index in [1.807, 2.05) is 43.0 Å². The number of anilines is 1. The summed E-state index contributed by atoms with van der Waals surface area (Å²) in [5, 5.41) is 24.0. The molecule has 1 atom stereocenters. The van der Waals surface area contributed by atoms with Gasteiger partial charge in [-0.1, -0.05) is 30.3 Å². The van der Waals surface area contributed by atoms with Gasteiger partial charge in [0.15, 0.2) is 5.71 Å². The predicted octanol–water partition coefficient (Wildman–Crippen LogP) is 2.82. The molecule has 2 aromatic rings. The van der Waals surface area contributed by atoms with E-state index in [4.69, 9.17) is 5.11 Å². The molecule has 2 fully saturated rings. The third-order valence-corrected chi connectivity index (χ3v) is 6.98. The summed E-state index contributed by atoms with van der Waals surface area (Å²) in [6, 6.07) is 10.2. The van der Waals surface area contributed by atoms with E-state index in [9.17, 15) is 19.5 Å². The molecule has 0 aromatic heterocycles. The number of likely N-dealkylation sites (tertiary alicyclic amines) is 2. The van der Waals surface area contributed by atoms with Crippen molar-refractivity contribution in [3.05, 3.63) is 58.7 Å². The maximum Gasteiger partial charge on any atom is 0.317 e. The van der Waals surface area contributed by atoms with Gasteiger partial charge in [0, 0.05) is 7.05 Å². The number of ketones is 1. The van der Waals surface area contributed by atoms with Crippen molar-refractivity contribution < 1.29 is 24.6 Å². The number of aliphatic carboxylic acids is 1. The highest BCUT2D eigenvalue weighted by Crippen LogP contribution is 2.38. The third-order valence-electron chi connectivity index (χ3n) is 6.98. The zero-order valence-electron chi connectivity index (χ0n) is 20.1. The molecule has 1 unspecified atom stereocenters. The molecule has 184 valence electrons. The number of likely N-dealkylation sites (N-methyl/N-ethyl adjacent to an activating group) is 1. The molecule has 0 spiro atoms. The van der Waals surface area contributed by atoms with E-state index in [1.54, 1.807) is 19.2 Å². The molecule has 0 aliphatic carbocycles. The van der Waals surface area contributed by atoms with Crippen LogP contribution in [0.2, 0.25) is 0 Å². The molecule has 2 aliphatic rings. The molecule has 9 nitrogen and oxygen atoms in total. The van der Waals surface area contributed by atoms with E-state index in [-0.39, 0.29) is 23.9 Å². The van der Waals surface area contributed by atoms with E-state index in [2.05, 4.69) is 10.5 Å². The van der Waals surface area contributed by atoms with Gasteiger partial charge in [0.1, 0.15) is 11.8 Å². The van der Waals surface area contributed by atoms with Crippen LogP contribution >= 0.6 is 0 Å². The quantitative estimate of drug-likeness (QED) is 0.431. The molecular formula is C26H30N4O5. The van der Waals surface area contributed by atoms with Crippen LogP contribution in [0.15, 0.2) is 41.5 Å². The molecule has 0 saturated carbocycles. The average Bonchev–Trinajstić information content (AvgIpc) is 3.03. The monoisotopic (exact) mass is 478 g/mol. The summed E-state index contributed by atoms with van der Waals surface area (Å²) in [4.78, 5) is 40.1. The van der Waals surface area contributed by atoms with Crippen LogP contribution in [0.3, 0.4) is 0 Å². The van der Waals surface area contributed by atoms with Crippen LogP contribution in [0.5, 0.6) is 5.75 Å². The molecule has 0 bridgehead atoms. The van der Waals surface area contributed by atoms with E-state index < -0.39 is 23.7 Å². The molecular weight excluding hydrogens is 448 g/mol. The van der Waals surface area contributed by atoms with Gasteiger partial charge in [0.05, 0.1) is 12.2 Å². The number of hydrogen-bond acceptors (Lipinski definition) is 7. The fourth-order valence-electron chi connectivity index (χ4n) is 4.80. The van der Waals surface area contributed by atoms with Gasteiger partial charge in [-0.05, 0) is 74.0 Å². The number of amides is 1. The van der Waals surface area contributed by atoms with Gasteiger partial charge in [0.2, 0.25) is 5.78 Å². The number of carboxylic acid groups (broad SMARTS) is 1. The molecule has 9 heteroatoms. The van der Waals surface area contributed by atoms with Crippen molar-refractivity contribution in [3.8, 4) is 5.75 Å². The van der Waals surface area contributed by atoms with Crippen LogP contribution in [-0.2, 0) is 14.4 Å². The number of carbonyl (C=O) groups is 3. The van der Waals surface area contributed by atoms with Crippen LogP contribution in [0.1, 0.15) is 47.1 Å². The summed E-state index contributed by atoms with van der Waals surface area (Å²) in [7, 11) is 1.58. The van der Waals surface area contributed by atoms with Crippen LogP contribution in [0, 0.1) is 13.8 Å². The molecule has 3 N–H and O–H groups in total. The van der Waals surface area contributed by atoms with E-state index in [1.165, 1.54) is 4.90 Å². The Hall–Kier alpha value is -3.72. The van der Waals surface area contributed by atoms with Crippen LogP contribution in [0.25, 0.3) is 0 Å². The number of para-hydroxylation sites is 1. The number of carboxylic acids is 1. The summed E-state index contributed by atoms with van der Waals surface area (Å²) in [5.74, 6) is -1.63. The first kappa shape index (κ1) is 24.4. The van der Waals surface area contributed by atoms with Crippen molar-refractivity contribution in [1.82, 2.24) is 9.80 Å².